The first-order valence-corrected chi connectivity index (χ1v) is 11.9. The maximum atomic E-state index is 9.33. The van der Waals surface area contributed by atoms with E-state index in [2.05, 4.69) is 0 Å². The van der Waals surface area contributed by atoms with Crippen molar-refractivity contribution in [1.29, 1.82) is 0 Å². The predicted molar refractivity (Wildman–Crippen MR) is 149 cm³/mol. The topological polar surface area (TPSA) is 18.1 Å². The number of furan rings is 1. The zero-order valence-electron chi connectivity index (χ0n) is 27.2. The molecule has 0 saturated heterocycles. The maximum absolute atomic E-state index is 9.33. The van der Waals surface area contributed by atoms with Crippen LogP contribution in [-0.4, -0.2) is 4.57 Å². The molecule has 2 aliphatic rings. The quantitative estimate of drug-likeness (QED) is 0.234. The lowest BCUT2D eigenvalue weighted by atomic mass is 9.97. The lowest BCUT2D eigenvalue weighted by Gasteiger charge is -2.11. The normalized spacial score (nSPS) is 22.6. The van der Waals surface area contributed by atoms with Gasteiger partial charge in [-0.3, -0.25) is 0 Å². The average molecular weight is 472 g/mol. The summed E-state index contributed by atoms with van der Waals surface area (Å²) in [4.78, 5) is 0. The zero-order valence-corrected chi connectivity index (χ0v) is 19.2. The van der Waals surface area contributed by atoms with Crippen LogP contribution in [0.15, 0.2) is 108 Å². The van der Waals surface area contributed by atoms with Gasteiger partial charge in [-0.05, 0) is 84.1 Å². The van der Waals surface area contributed by atoms with E-state index in [1.807, 2.05) is 71.3 Å². The van der Waals surface area contributed by atoms with Crippen LogP contribution in [0.25, 0.3) is 49.4 Å². The summed E-state index contributed by atoms with van der Waals surface area (Å²) in [6, 6.07) is 29.3. The highest BCUT2D eigenvalue weighted by Crippen LogP contribution is 2.38. The summed E-state index contributed by atoms with van der Waals surface area (Å²) in [5, 5.41) is 2.94. The van der Waals surface area contributed by atoms with Crippen molar-refractivity contribution in [2.24, 2.45) is 0 Å². The van der Waals surface area contributed by atoms with E-state index in [1.54, 1.807) is 6.07 Å². The summed E-state index contributed by atoms with van der Waals surface area (Å²) < 4.78 is 80.9. The van der Waals surface area contributed by atoms with Gasteiger partial charge in [-0.1, -0.05) is 66.7 Å². The van der Waals surface area contributed by atoms with Crippen molar-refractivity contribution in [2.45, 2.75) is 25.5 Å². The molecule has 2 heteroatoms. The SMILES string of the molecule is [2H]C1([2H])c2ccc(cc2)C([2H])([2H])C([2H])([2H])c2cc(cc3c2c2ccccc2n3-c2ccc3oc4ccccc4c3c2)C1([2H])[2H]. The first-order valence-electron chi connectivity index (χ1n) is 15.9. The summed E-state index contributed by atoms with van der Waals surface area (Å²) in [6.07, 6.45) is -10.3. The Bertz CT molecular complexity index is 2300. The Morgan fingerprint density at radius 3 is 2.11 bits per heavy atom. The Morgan fingerprint density at radius 2 is 1.25 bits per heavy atom. The van der Waals surface area contributed by atoms with Crippen LogP contribution < -0.4 is 0 Å². The number of aryl methyl sites for hydroxylation is 4. The molecule has 5 aromatic carbocycles. The molecule has 0 fully saturated rings. The van der Waals surface area contributed by atoms with Crippen LogP contribution in [-0.2, 0) is 25.5 Å². The number of rotatable bonds is 1. The molecule has 7 aromatic rings. The van der Waals surface area contributed by atoms with E-state index in [-0.39, 0.29) is 22.3 Å². The van der Waals surface area contributed by atoms with Gasteiger partial charge in [0.05, 0.1) is 11.0 Å². The van der Waals surface area contributed by atoms with E-state index in [0.717, 1.165) is 27.6 Å². The highest BCUT2D eigenvalue weighted by atomic mass is 16.3. The largest absolute Gasteiger partial charge is 0.456 e. The first-order chi connectivity index (χ1) is 20.8. The number of nitrogens with zero attached hydrogens (tertiary/aromatic N) is 1. The number of benzene rings is 5. The Kier molecular flexibility index (Phi) is 2.89. The van der Waals surface area contributed by atoms with Crippen LogP contribution in [0.5, 0.6) is 0 Å². The van der Waals surface area contributed by atoms with Crippen molar-refractivity contribution in [3.05, 3.63) is 125 Å². The van der Waals surface area contributed by atoms with Gasteiger partial charge in [0, 0.05) is 38.2 Å². The van der Waals surface area contributed by atoms with Crippen molar-refractivity contribution >= 4 is 43.7 Å². The molecule has 2 aromatic heterocycles. The highest BCUT2D eigenvalue weighted by molar-refractivity contribution is 6.12. The second-order valence-electron chi connectivity index (χ2n) is 9.13. The molecule has 36 heavy (non-hydrogen) atoms. The van der Waals surface area contributed by atoms with Crippen LogP contribution in [0.2, 0.25) is 0 Å². The fraction of sp³-hybridized carbons (Fsp3) is 0.118. The highest BCUT2D eigenvalue weighted by Gasteiger charge is 2.18. The summed E-state index contributed by atoms with van der Waals surface area (Å²) in [6.45, 7) is 0. The van der Waals surface area contributed by atoms with Gasteiger partial charge in [-0.15, -0.1) is 0 Å². The molecule has 2 heterocycles. The van der Waals surface area contributed by atoms with Crippen LogP contribution in [0.1, 0.15) is 33.2 Å². The van der Waals surface area contributed by atoms with Gasteiger partial charge in [0.25, 0.3) is 0 Å². The molecule has 0 aliphatic heterocycles. The summed E-state index contributed by atoms with van der Waals surface area (Å²) in [7, 11) is 0. The second kappa shape index (κ2) is 7.60. The van der Waals surface area contributed by atoms with Crippen molar-refractivity contribution in [1.82, 2.24) is 4.57 Å². The van der Waals surface area contributed by atoms with Gasteiger partial charge < -0.3 is 8.98 Å². The van der Waals surface area contributed by atoms with E-state index in [1.165, 1.54) is 30.3 Å². The summed E-state index contributed by atoms with van der Waals surface area (Å²) >= 11 is 0. The van der Waals surface area contributed by atoms with Crippen LogP contribution in [0.3, 0.4) is 0 Å². The standard InChI is InChI=1S/C34H25NO/c1-3-7-30-28(6-1)34-25-16-15-23-11-9-22(10-12-23)13-14-24(19-25)20-31(34)35(30)26-17-18-33-29(21-26)27-5-2-4-8-32(27)36-33/h1-12,17-21H,13-16H2/i13D2,14D2,15D2,16D2. The first kappa shape index (κ1) is 13.7. The average Bonchev–Trinajstić information content (AvgIpc) is 3.55. The van der Waals surface area contributed by atoms with Crippen molar-refractivity contribution in [2.75, 3.05) is 0 Å². The number of hydrogen-bond donors (Lipinski definition) is 0. The minimum Gasteiger partial charge on any atom is -0.456 e. The molecular weight excluding hydrogens is 438 g/mol. The van der Waals surface area contributed by atoms with Gasteiger partial charge in [0.2, 0.25) is 0 Å². The zero-order chi connectivity index (χ0) is 30.8. The van der Waals surface area contributed by atoms with E-state index in [9.17, 15) is 2.74 Å². The third-order valence-corrected chi connectivity index (χ3v) is 6.97. The van der Waals surface area contributed by atoms with E-state index in [4.69, 9.17) is 12.6 Å². The molecule has 0 saturated carbocycles. The second-order valence-corrected chi connectivity index (χ2v) is 9.13. The molecule has 2 nitrogen and oxygen atoms in total. The molecule has 4 bridgehead atoms. The Balaban J connectivity index is 1.54. The molecule has 0 N–H and O–H groups in total. The predicted octanol–water partition coefficient (Wildman–Crippen LogP) is 8.57. The molecular formula is C34H25NO. The van der Waals surface area contributed by atoms with E-state index in [0.29, 0.717) is 21.9 Å². The van der Waals surface area contributed by atoms with E-state index < -0.39 is 25.5 Å². The monoisotopic (exact) mass is 471 g/mol. The minimum atomic E-state index is -2.63. The summed E-state index contributed by atoms with van der Waals surface area (Å²) in [5.41, 5.74) is 3.33. The minimum absolute atomic E-state index is 0.0379. The van der Waals surface area contributed by atoms with Gasteiger partial charge in [-0.25, -0.2) is 0 Å². The molecule has 0 atom stereocenters. The van der Waals surface area contributed by atoms with Crippen LogP contribution in [0, 0.1) is 0 Å². The fourth-order valence-electron chi connectivity index (χ4n) is 5.32. The molecule has 0 radical (unpaired) electrons. The number of para-hydroxylation sites is 2. The third kappa shape index (κ3) is 2.97. The Labute approximate surface area is 220 Å². The molecule has 2 aliphatic carbocycles. The Hall–Kier alpha value is -4.30. The van der Waals surface area contributed by atoms with Gasteiger partial charge >= 0.3 is 0 Å². The summed E-state index contributed by atoms with van der Waals surface area (Å²) in [5.74, 6) is 0. The van der Waals surface area contributed by atoms with Gasteiger partial charge in [0.15, 0.2) is 0 Å². The van der Waals surface area contributed by atoms with Crippen LogP contribution >= 0.6 is 0 Å². The molecule has 172 valence electrons. The number of fused-ring (bicyclic) bond motifs is 10. The Morgan fingerprint density at radius 1 is 0.556 bits per heavy atom. The van der Waals surface area contributed by atoms with Crippen molar-refractivity contribution in [3.63, 3.8) is 0 Å². The lowest BCUT2D eigenvalue weighted by molar-refractivity contribution is 0.669. The van der Waals surface area contributed by atoms with Gasteiger partial charge in [0.1, 0.15) is 11.2 Å². The number of aromatic nitrogens is 1. The maximum Gasteiger partial charge on any atom is 0.135 e. The van der Waals surface area contributed by atoms with Gasteiger partial charge in [-0.2, -0.15) is 0 Å². The molecule has 9 rings (SSSR count). The molecule has 0 amide bonds. The molecule has 0 unspecified atom stereocenters. The van der Waals surface area contributed by atoms with E-state index >= 15 is 0 Å². The fourth-order valence-corrected chi connectivity index (χ4v) is 5.32. The van der Waals surface area contributed by atoms with Crippen molar-refractivity contribution < 1.29 is 15.4 Å². The van der Waals surface area contributed by atoms with Crippen molar-refractivity contribution in [3.8, 4) is 5.69 Å². The smallest absolute Gasteiger partial charge is 0.135 e. The lowest BCUT2D eigenvalue weighted by Crippen LogP contribution is -1.98. The number of hydrogen-bond acceptors (Lipinski definition) is 1. The molecule has 0 spiro atoms. The van der Waals surface area contributed by atoms with Crippen LogP contribution in [0.4, 0.5) is 0 Å². The third-order valence-electron chi connectivity index (χ3n) is 6.97.